The highest BCUT2D eigenvalue weighted by Crippen LogP contribution is 2.20. The summed E-state index contributed by atoms with van der Waals surface area (Å²) in [6, 6.07) is 14.5. The molecule has 0 saturated carbocycles. The smallest absolute Gasteiger partial charge is 0.242 e. The minimum absolute atomic E-state index is 0.0245. The number of hydrogen-bond acceptors (Lipinski definition) is 4. The first-order valence-corrected chi connectivity index (χ1v) is 9.77. The minimum Gasteiger partial charge on any atom is -0.326 e. The molecule has 0 aliphatic heterocycles. The molecule has 0 heterocycles. The van der Waals surface area contributed by atoms with Crippen LogP contribution in [-0.4, -0.2) is 32.7 Å². The molecule has 2 rings (SSSR count). The van der Waals surface area contributed by atoms with Crippen molar-refractivity contribution in [1.29, 1.82) is 0 Å². The Kier molecular flexibility index (Phi) is 6.52. The van der Waals surface area contributed by atoms with Crippen LogP contribution in [0.1, 0.15) is 31.0 Å². The van der Waals surface area contributed by atoms with E-state index >= 15 is 0 Å². The zero-order valence-electron chi connectivity index (χ0n) is 15.5. The van der Waals surface area contributed by atoms with Crippen LogP contribution in [-0.2, 0) is 21.4 Å². The number of nitrogens with zero attached hydrogens (tertiary/aromatic N) is 1. The van der Waals surface area contributed by atoms with Crippen LogP contribution < -0.4 is 10.6 Å². The first-order chi connectivity index (χ1) is 12.2. The van der Waals surface area contributed by atoms with Gasteiger partial charge in [-0.3, -0.25) is 4.79 Å². The number of hydrogen-bond donors (Lipinski definition) is 2. The Balaban J connectivity index is 2.07. The Hall–Kier alpha value is -2.22. The monoisotopic (exact) mass is 375 g/mol. The van der Waals surface area contributed by atoms with Gasteiger partial charge in [-0.05, 0) is 36.2 Å². The average molecular weight is 375 g/mol. The van der Waals surface area contributed by atoms with Crippen LogP contribution in [0.3, 0.4) is 0 Å². The van der Waals surface area contributed by atoms with E-state index in [1.165, 1.54) is 25.3 Å². The van der Waals surface area contributed by atoms with E-state index in [1.54, 1.807) is 12.1 Å². The van der Waals surface area contributed by atoms with Crippen LogP contribution in [0.15, 0.2) is 53.4 Å². The molecule has 140 valence electrons. The van der Waals surface area contributed by atoms with Gasteiger partial charge in [0.2, 0.25) is 15.9 Å². The van der Waals surface area contributed by atoms with E-state index in [1.807, 2.05) is 43.3 Å². The second kappa shape index (κ2) is 8.44. The molecular weight excluding hydrogens is 350 g/mol. The van der Waals surface area contributed by atoms with Crippen molar-refractivity contribution in [1.82, 2.24) is 9.62 Å². The number of amides is 1. The van der Waals surface area contributed by atoms with Crippen molar-refractivity contribution < 1.29 is 13.2 Å². The summed E-state index contributed by atoms with van der Waals surface area (Å²) in [6.45, 7) is 4.07. The van der Waals surface area contributed by atoms with Crippen LogP contribution in [0.25, 0.3) is 0 Å². The van der Waals surface area contributed by atoms with E-state index < -0.39 is 10.0 Å². The molecule has 1 unspecified atom stereocenters. The first kappa shape index (κ1) is 20.1. The third-order valence-corrected chi connectivity index (χ3v) is 5.91. The lowest BCUT2D eigenvalue weighted by molar-refractivity contribution is -0.114. The molecule has 1 amide bonds. The van der Waals surface area contributed by atoms with Crippen LogP contribution in [0.2, 0.25) is 0 Å². The third-order valence-electron chi connectivity index (χ3n) is 4.09. The SMILES string of the molecule is CC(=O)Nc1ccccc1CNC(C)c1ccc(S(=O)(=O)N(C)C)cc1. The zero-order valence-corrected chi connectivity index (χ0v) is 16.3. The summed E-state index contributed by atoms with van der Waals surface area (Å²) in [5.74, 6) is -0.108. The van der Waals surface area contributed by atoms with E-state index in [4.69, 9.17) is 0 Å². The van der Waals surface area contributed by atoms with Crippen LogP contribution in [0.5, 0.6) is 0 Å². The topological polar surface area (TPSA) is 78.5 Å². The molecule has 0 spiro atoms. The molecular formula is C19H25N3O3S. The summed E-state index contributed by atoms with van der Waals surface area (Å²) in [5.41, 5.74) is 2.76. The highest BCUT2D eigenvalue weighted by Gasteiger charge is 2.17. The summed E-state index contributed by atoms with van der Waals surface area (Å²) in [5, 5.41) is 6.22. The van der Waals surface area contributed by atoms with E-state index in [2.05, 4.69) is 10.6 Å². The number of carbonyl (C=O) groups is 1. The number of rotatable bonds is 7. The van der Waals surface area contributed by atoms with Gasteiger partial charge in [0.15, 0.2) is 0 Å². The zero-order chi connectivity index (χ0) is 19.3. The number of carbonyl (C=O) groups excluding carboxylic acids is 1. The summed E-state index contributed by atoms with van der Waals surface area (Å²) in [6.07, 6.45) is 0. The maximum absolute atomic E-state index is 12.1. The van der Waals surface area contributed by atoms with Crippen LogP contribution >= 0.6 is 0 Å². The molecule has 0 saturated heterocycles. The molecule has 6 nitrogen and oxygen atoms in total. The van der Waals surface area contributed by atoms with Crippen molar-refractivity contribution in [2.45, 2.75) is 31.3 Å². The maximum atomic E-state index is 12.1. The van der Waals surface area contributed by atoms with Crippen molar-refractivity contribution in [3.8, 4) is 0 Å². The fourth-order valence-corrected chi connectivity index (χ4v) is 3.41. The van der Waals surface area contributed by atoms with Gasteiger partial charge in [-0.25, -0.2) is 12.7 Å². The van der Waals surface area contributed by atoms with Gasteiger partial charge in [0.1, 0.15) is 0 Å². The van der Waals surface area contributed by atoms with Crippen molar-refractivity contribution in [2.24, 2.45) is 0 Å². The molecule has 2 aromatic carbocycles. The number of para-hydroxylation sites is 1. The molecule has 0 fully saturated rings. The maximum Gasteiger partial charge on any atom is 0.242 e. The molecule has 2 aromatic rings. The summed E-state index contributed by atoms with van der Waals surface area (Å²) >= 11 is 0. The number of anilines is 1. The fourth-order valence-electron chi connectivity index (χ4n) is 2.51. The predicted octanol–water partition coefficient (Wildman–Crippen LogP) is 2.75. The van der Waals surface area contributed by atoms with E-state index in [0.29, 0.717) is 6.54 Å². The Morgan fingerprint density at radius 3 is 2.27 bits per heavy atom. The second-order valence-corrected chi connectivity index (χ2v) is 8.45. The van der Waals surface area contributed by atoms with Gasteiger partial charge in [0.05, 0.1) is 4.90 Å². The van der Waals surface area contributed by atoms with Crippen molar-refractivity contribution in [3.63, 3.8) is 0 Å². The number of nitrogens with one attached hydrogen (secondary N) is 2. The molecule has 0 radical (unpaired) electrons. The lowest BCUT2D eigenvalue weighted by atomic mass is 10.1. The first-order valence-electron chi connectivity index (χ1n) is 8.33. The fraction of sp³-hybridized carbons (Fsp3) is 0.316. The molecule has 0 bridgehead atoms. The molecule has 7 heteroatoms. The Morgan fingerprint density at radius 1 is 1.08 bits per heavy atom. The second-order valence-electron chi connectivity index (χ2n) is 6.30. The van der Waals surface area contributed by atoms with Gasteiger partial charge < -0.3 is 10.6 Å². The molecule has 0 aliphatic rings. The largest absolute Gasteiger partial charge is 0.326 e. The normalized spacial score (nSPS) is 12.8. The average Bonchev–Trinajstić information content (AvgIpc) is 2.60. The van der Waals surface area contributed by atoms with Crippen molar-refractivity contribution in [3.05, 3.63) is 59.7 Å². The standard InChI is InChI=1S/C19H25N3O3S/c1-14(16-9-11-18(12-10-16)26(24,25)22(3)4)20-13-17-7-5-6-8-19(17)21-15(2)23/h5-12,14,20H,13H2,1-4H3,(H,21,23). The molecule has 2 N–H and O–H groups in total. The van der Waals surface area contributed by atoms with Crippen LogP contribution in [0, 0.1) is 0 Å². The summed E-state index contributed by atoms with van der Waals surface area (Å²) in [4.78, 5) is 11.6. The Bertz CT molecular complexity index is 862. The minimum atomic E-state index is -3.42. The molecule has 26 heavy (non-hydrogen) atoms. The quantitative estimate of drug-likeness (QED) is 0.780. The third kappa shape index (κ3) is 4.91. The highest BCUT2D eigenvalue weighted by molar-refractivity contribution is 7.89. The van der Waals surface area contributed by atoms with Crippen molar-refractivity contribution in [2.75, 3.05) is 19.4 Å². The lowest BCUT2D eigenvalue weighted by Crippen LogP contribution is -2.22. The summed E-state index contributed by atoms with van der Waals surface area (Å²) < 4.78 is 25.4. The van der Waals surface area contributed by atoms with Gasteiger partial charge in [0.25, 0.3) is 0 Å². The predicted molar refractivity (Wildman–Crippen MR) is 103 cm³/mol. The summed E-state index contributed by atoms with van der Waals surface area (Å²) in [7, 11) is -0.391. The van der Waals surface area contributed by atoms with Gasteiger partial charge in [-0.1, -0.05) is 30.3 Å². The Morgan fingerprint density at radius 2 is 1.69 bits per heavy atom. The van der Waals surface area contributed by atoms with Crippen molar-refractivity contribution >= 4 is 21.6 Å². The lowest BCUT2D eigenvalue weighted by Gasteiger charge is -2.17. The molecule has 0 aromatic heterocycles. The number of sulfonamides is 1. The van der Waals surface area contributed by atoms with Gasteiger partial charge in [-0.2, -0.15) is 0 Å². The Labute approximate surface area is 155 Å². The van der Waals surface area contributed by atoms with E-state index in [-0.39, 0.29) is 16.8 Å². The van der Waals surface area contributed by atoms with Gasteiger partial charge in [0, 0.05) is 39.3 Å². The molecule has 0 aliphatic carbocycles. The van der Waals surface area contributed by atoms with Crippen LogP contribution in [0.4, 0.5) is 5.69 Å². The van der Waals surface area contributed by atoms with E-state index in [9.17, 15) is 13.2 Å². The molecule has 1 atom stereocenters. The van der Waals surface area contributed by atoms with E-state index in [0.717, 1.165) is 16.8 Å². The highest BCUT2D eigenvalue weighted by atomic mass is 32.2. The number of benzene rings is 2. The van der Waals surface area contributed by atoms with Gasteiger partial charge >= 0.3 is 0 Å². The van der Waals surface area contributed by atoms with Gasteiger partial charge in [-0.15, -0.1) is 0 Å².